The Morgan fingerprint density at radius 1 is 1.17 bits per heavy atom. The number of nitrogens with zero attached hydrogens (tertiary/aromatic N) is 2. The van der Waals surface area contributed by atoms with Crippen molar-refractivity contribution in [2.24, 2.45) is 0 Å². The topological polar surface area (TPSA) is 65.4 Å². The first-order valence-electron chi connectivity index (χ1n) is 7.21. The summed E-state index contributed by atoms with van der Waals surface area (Å²) in [4.78, 5) is 14.9. The van der Waals surface area contributed by atoms with Crippen molar-refractivity contribution in [2.45, 2.75) is 0 Å². The minimum Gasteiger partial charge on any atom is -0.491 e. The van der Waals surface area contributed by atoms with Crippen molar-refractivity contribution in [3.05, 3.63) is 48.8 Å². The number of nitrogens with one attached hydrogen (secondary N) is 1. The molecule has 118 valence electrons. The maximum absolute atomic E-state index is 10.5. The standard InChI is InChI=1S/C17H17N3O3/c1-22-8-9-23-15-6-7-16-17(10-15)20(11-18-16)14-4-2-13(3-5-14)19-12-21/h2-7,10-12H,8-9H2,1H3,(H,19,21). The Bertz CT molecular complexity index is 796. The molecule has 1 amide bonds. The van der Waals surface area contributed by atoms with Crippen LogP contribution < -0.4 is 10.1 Å². The lowest BCUT2D eigenvalue weighted by Crippen LogP contribution is -2.04. The van der Waals surface area contributed by atoms with Gasteiger partial charge in [-0.3, -0.25) is 9.36 Å². The van der Waals surface area contributed by atoms with Crippen molar-refractivity contribution >= 4 is 23.1 Å². The molecule has 0 atom stereocenters. The minimum atomic E-state index is 0.502. The summed E-state index contributed by atoms with van der Waals surface area (Å²) in [5.74, 6) is 0.774. The smallest absolute Gasteiger partial charge is 0.211 e. The number of carbonyl (C=O) groups is 1. The summed E-state index contributed by atoms with van der Waals surface area (Å²) in [5, 5.41) is 2.62. The first kappa shape index (κ1) is 15.1. The van der Waals surface area contributed by atoms with E-state index in [-0.39, 0.29) is 0 Å². The third-order valence-corrected chi connectivity index (χ3v) is 3.45. The Labute approximate surface area is 133 Å². The van der Waals surface area contributed by atoms with Crippen molar-refractivity contribution in [3.63, 3.8) is 0 Å². The van der Waals surface area contributed by atoms with E-state index in [9.17, 15) is 4.79 Å². The fraction of sp³-hybridized carbons (Fsp3) is 0.176. The summed E-state index contributed by atoms with van der Waals surface area (Å²) >= 11 is 0. The van der Waals surface area contributed by atoms with Gasteiger partial charge in [-0.1, -0.05) is 0 Å². The van der Waals surface area contributed by atoms with Crippen LogP contribution in [0.5, 0.6) is 5.75 Å². The van der Waals surface area contributed by atoms with E-state index in [1.165, 1.54) is 0 Å². The molecule has 0 radical (unpaired) electrons. The molecule has 0 fully saturated rings. The van der Waals surface area contributed by atoms with Crippen molar-refractivity contribution in [3.8, 4) is 11.4 Å². The zero-order chi connectivity index (χ0) is 16.1. The lowest BCUT2D eigenvalue weighted by molar-refractivity contribution is -0.105. The second-order valence-corrected chi connectivity index (χ2v) is 4.92. The fourth-order valence-electron chi connectivity index (χ4n) is 2.31. The van der Waals surface area contributed by atoms with E-state index < -0.39 is 0 Å². The van der Waals surface area contributed by atoms with Crippen LogP contribution in [0.2, 0.25) is 0 Å². The van der Waals surface area contributed by atoms with Crippen LogP contribution in [-0.2, 0) is 9.53 Å². The molecule has 23 heavy (non-hydrogen) atoms. The van der Waals surface area contributed by atoms with Gasteiger partial charge < -0.3 is 14.8 Å². The Hall–Kier alpha value is -2.86. The number of imidazole rings is 1. The number of rotatable bonds is 7. The SMILES string of the molecule is COCCOc1ccc2ncn(-c3ccc(NC=O)cc3)c2c1. The highest BCUT2D eigenvalue weighted by molar-refractivity contribution is 5.79. The number of hydrogen-bond donors (Lipinski definition) is 1. The Morgan fingerprint density at radius 3 is 2.74 bits per heavy atom. The molecule has 0 aliphatic carbocycles. The number of carbonyl (C=O) groups excluding carboxylic acids is 1. The van der Waals surface area contributed by atoms with Gasteiger partial charge in [0.05, 0.1) is 17.6 Å². The molecule has 3 aromatic rings. The molecule has 0 aliphatic heterocycles. The molecule has 0 bridgehead atoms. The zero-order valence-electron chi connectivity index (χ0n) is 12.7. The average molecular weight is 311 g/mol. The first-order chi connectivity index (χ1) is 11.3. The summed E-state index contributed by atoms with van der Waals surface area (Å²) in [5.41, 5.74) is 3.55. The lowest BCUT2D eigenvalue weighted by atomic mass is 10.2. The number of ether oxygens (including phenoxy) is 2. The van der Waals surface area contributed by atoms with Gasteiger partial charge in [0.25, 0.3) is 0 Å². The lowest BCUT2D eigenvalue weighted by Gasteiger charge is -2.08. The number of amides is 1. The van der Waals surface area contributed by atoms with Gasteiger partial charge >= 0.3 is 0 Å². The normalized spacial score (nSPS) is 10.7. The van der Waals surface area contributed by atoms with Gasteiger partial charge in [-0.15, -0.1) is 0 Å². The Balaban J connectivity index is 1.90. The molecular formula is C17H17N3O3. The summed E-state index contributed by atoms with van der Waals surface area (Å²) in [7, 11) is 1.64. The number of aromatic nitrogens is 2. The maximum Gasteiger partial charge on any atom is 0.211 e. The summed E-state index contributed by atoms with van der Waals surface area (Å²) in [6, 6.07) is 13.3. The minimum absolute atomic E-state index is 0.502. The van der Waals surface area contributed by atoms with Crippen LogP contribution in [0.1, 0.15) is 0 Å². The second kappa shape index (κ2) is 6.93. The van der Waals surface area contributed by atoms with E-state index >= 15 is 0 Å². The quantitative estimate of drug-likeness (QED) is 0.538. The van der Waals surface area contributed by atoms with Gasteiger partial charge in [0.2, 0.25) is 6.41 Å². The molecule has 6 heteroatoms. The molecule has 0 saturated carbocycles. The predicted molar refractivity (Wildman–Crippen MR) is 88.1 cm³/mol. The second-order valence-electron chi connectivity index (χ2n) is 4.92. The van der Waals surface area contributed by atoms with Gasteiger partial charge in [-0.25, -0.2) is 4.98 Å². The molecule has 1 N–H and O–H groups in total. The molecular weight excluding hydrogens is 294 g/mol. The number of fused-ring (bicyclic) bond motifs is 1. The summed E-state index contributed by atoms with van der Waals surface area (Å²) in [6.45, 7) is 1.05. The van der Waals surface area contributed by atoms with Crippen molar-refractivity contribution in [2.75, 3.05) is 25.6 Å². The largest absolute Gasteiger partial charge is 0.491 e. The van der Waals surface area contributed by atoms with Crippen LogP contribution in [0.15, 0.2) is 48.8 Å². The van der Waals surface area contributed by atoms with E-state index in [0.29, 0.717) is 19.6 Å². The van der Waals surface area contributed by atoms with Crippen LogP contribution in [0.4, 0.5) is 5.69 Å². The molecule has 0 aliphatic rings. The van der Waals surface area contributed by atoms with Gasteiger partial charge in [-0.05, 0) is 36.4 Å². The van der Waals surface area contributed by atoms with Crippen LogP contribution in [0.25, 0.3) is 16.7 Å². The van der Waals surface area contributed by atoms with Gasteiger partial charge in [0, 0.05) is 24.6 Å². The third-order valence-electron chi connectivity index (χ3n) is 3.45. The molecule has 0 unspecified atom stereocenters. The predicted octanol–water partition coefficient (Wildman–Crippen LogP) is 2.62. The molecule has 1 aromatic heterocycles. The highest BCUT2D eigenvalue weighted by atomic mass is 16.5. The van der Waals surface area contributed by atoms with Crippen molar-refractivity contribution in [1.82, 2.24) is 9.55 Å². The summed E-state index contributed by atoms with van der Waals surface area (Å²) in [6.07, 6.45) is 2.43. The summed E-state index contributed by atoms with van der Waals surface area (Å²) < 4.78 is 12.6. The van der Waals surface area contributed by atoms with E-state index in [2.05, 4.69) is 10.3 Å². The first-order valence-corrected chi connectivity index (χ1v) is 7.21. The Morgan fingerprint density at radius 2 is 2.00 bits per heavy atom. The van der Waals surface area contributed by atoms with Crippen LogP contribution in [0.3, 0.4) is 0 Å². The average Bonchev–Trinajstić information content (AvgIpc) is 2.99. The Kier molecular flexibility index (Phi) is 4.54. The van der Waals surface area contributed by atoms with E-state index in [1.54, 1.807) is 13.4 Å². The number of methoxy groups -OCH3 is 1. The molecule has 2 aromatic carbocycles. The van der Waals surface area contributed by atoms with Crippen LogP contribution in [-0.4, -0.2) is 36.3 Å². The highest BCUT2D eigenvalue weighted by Gasteiger charge is 2.06. The number of hydrogen-bond acceptors (Lipinski definition) is 4. The van der Waals surface area contributed by atoms with Crippen LogP contribution in [0, 0.1) is 0 Å². The van der Waals surface area contributed by atoms with E-state index in [0.717, 1.165) is 28.2 Å². The van der Waals surface area contributed by atoms with Crippen molar-refractivity contribution in [1.29, 1.82) is 0 Å². The molecule has 1 heterocycles. The third kappa shape index (κ3) is 3.32. The highest BCUT2D eigenvalue weighted by Crippen LogP contribution is 2.23. The van der Waals surface area contributed by atoms with Crippen molar-refractivity contribution < 1.29 is 14.3 Å². The molecule has 0 saturated heterocycles. The molecule has 3 rings (SSSR count). The monoisotopic (exact) mass is 311 g/mol. The maximum atomic E-state index is 10.5. The van der Waals surface area contributed by atoms with Gasteiger partial charge in [0.1, 0.15) is 18.7 Å². The molecule has 0 spiro atoms. The fourth-order valence-corrected chi connectivity index (χ4v) is 2.31. The van der Waals surface area contributed by atoms with Gasteiger partial charge in [0.15, 0.2) is 0 Å². The van der Waals surface area contributed by atoms with Crippen LogP contribution >= 0.6 is 0 Å². The zero-order valence-corrected chi connectivity index (χ0v) is 12.7. The number of anilines is 1. The van der Waals surface area contributed by atoms with E-state index in [1.807, 2.05) is 47.0 Å². The molecule has 6 nitrogen and oxygen atoms in total. The number of benzene rings is 2. The van der Waals surface area contributed by atoms with E-state index in [4.69, 9.17) is 9.47 Å². The van der Waals surface area contributed by atoms with Gasteiger partial charge in [-0.2, -0.15) is 0 Å².